The number of hydrogen-bond acceptors (Lipinski definition) is 2. The van der Waals surface area contributed by atoms with Gasteiger partial charge >= 0.3 is 6.18 Å². The van der Waals surface area contributed by atoms with Crippen molar-refractivity contribution >= 4 is 17.5 Å². The summed E-state index contributed by atoms with van der Waals surface area (Å²) < 4.78 is 39.4. The minimum Gasteiger partial charge on any atom is -0.356 e. The quantitative estimate of drug-likeness (QED) is 0.687. The lowest BCUT2D eigenvalue weighted by molar-refractivity contribution is -0.137. The highest BCUT2D eigenvalue weighted by molar-refractivity contribution is 6.07. The molecule has 0 radical (unpaired) electrons. The Morgan fingerprint density at radius 2 is 1.83 bits per heavy atom. The van der Waals surface area contributed by atoms with Crippen LogP contribution in [0, 0.1) is 12.8 Å². The monoisotopic (exact) mass is 404 g/mol. The predicted octanol–water partition coefficient (Wildman–Crippen LogP) is 4.58. The second-order valence-electron chi connectivity index (χ2n) is 7.24. The third-order valence-electron chi connectivity index (χ3n) is 4.91. The van der Waals surface area contributed by atoms with Crippen molar-refractivity contribution < 1.29 is 22.8 Å². The fourth-order valence-corrected chi connectivity index (χ4v) is 3.09. The maximum atomic E-state index is 13.1. The number of halogens is 3. The number of amides is 2. The first-order chi connectivity index (χ1) is 13.8. The molecule has 1 N–H and O–H groups in total. The van der Waals surface area contributed by atoms with Crippen molar-refractivity contribution in [2.24, 2.45) is 5.92 Å². The molecule has 1 fully saturated rings. The molecule has 0 unspecified atom stereocenters. The third kappa shape index (κ3) is 5.37. The molecule has 0 aliphatic heterocycles. The molecule has 0 spiro atoms. The summed E-state index contributed by atoms with van der Waals surface area (Å²) in [7, 11) is 0. The smallest absolute Gasteiger partial charge is 0.356 e. The van der Waals surface area contributed by atoms with Crippen LogP contribution in [0.25, 0.3) is 0 Å². The number of nitrogens with one attached hydrogen (secondary N) is 1. The van der Waals surface area contributed by atoms with Gasteiger partial charge < -0.3 is 10.2 Å². The van der Waals surface area contributed by atoms with Crippen molar-refractivity contribution in [1.82, 2.24) is 5.32 Å². The van der Waals surface area contributed by atoms with Gasteiger partial charge in [-0.1, -0.05) is 24.3 Å². The minimum absolute atomic E-state index is 0.000786. The average molecular weight is 404 g/mol. The molecule has 0 saturated heterocycles. The number of rotatable bonds is 7. The van der Waals surface area contributed by atoms with Crippen LogP contribution in [0.2, 0.25) is 0 Å². The Balaban J connectivity index is 1.80. The topological polar surface area (TPSA) is 49.4 Å². The van der Waals surface area contributed by atoms with Gasteiger partial charge in [0.25, 0.3) is 5.91 Å². The Labute approximate surface area is 167 Å². The van der Waals surface area contributed by atoms with Gasteiger partial charge in [-0.15, -0.1) is 0 Å². The van der Waals surface area contributed by atoms with Gasteiger partial charge in [0.2, 0.25) is 5.91 Å². The zero-order valence-corrected chi connectivity index (χ0v) is 16.1. The largest absolute Gasteiger partial charge is 0.416 e. The molecule has 0 heterocycles. The molecule has 154 valence electrons. The highest BCUT2D eigenvalue weighted by Crippen LogP contribution is 2.32. The van der Waals surface area contributed by atoms with Crippen LogP contribution in [0.15, 0.2) is 48.5 Å². The number of anilines is 1. The molecule has 2 amide bonds. The van der Waals surface area contributed by atoms with E-state index in [2.05, 4.69) is 5.32 Å². The molecule has 1 aliphatic carbocycles. The van der Waals surface area contributed by atoms with Gasteiger partial charge in [-0.05, 0) is 56.0 Å². The number of hydrogen-bond donors (Lipinski definition) is 1. The van der Waals surface area contributed by atoms with E-state index < -0.39 is 11.7 Å². The van der Waals surface area contributed by atoms with E-state index in [1.807, 2.05) is 0 Å². The highest BCUT2D eigenvalue weighted by atomic mass is 19.4. The van der Waals surface area contributed by atoms with Crippen LogP contribution in [0.5, 0.6) is 0 Å². The number of benzene rings is 2. The van der Waals surface area contributed by atoms with Crippen molar-refractivity contribution in [3.8, 4) is 0 Å². The fourth-order valence-electron chi connectivity index (χ4n) is 3.09. The summed E-state index contributed by atoms with van der Waals surface area (Å²) in [5.74, 6) is -0.278. The number of aryl methyl sites for hydroxylation is 1. The highest BCUT2D eigenvalue weighted by Gasteiger charge is 2.32. The van der Waals surface area contributed by atoms with Crippen molar-refractivity contribution in [3.05, 3.63) is 65.2 Å². The van der Waals surface area contributed by atoms with Gasteiger partial charge in [-0.25, -0.2) is 0 Å². The van der Waals surface area contributed by atoms with Crippen LogP contribution in [-0.4, -0.2) is 24.9 Å². The molecule has 1 saturated carbocycles. The van der Waals surface area contributed by atoms with E-state index in [9.17, 15) is 22.8 Å². The number of carbonyl (C=O) groups excluding carboxylic acids is 2. The average Bonchev–Trinajstić information content (AvgIpc) is 3.52. The van der Waals surface area contributed by atoms with E-state index in [4.69, 9.17) is 0 Å². The van der Waals surface area contributed by atoms with E-state index in [-0.39, 0.29) is 30.0 Å². The van der Waals surface area contributed by atoms with Gasteiger partial charge in [0.1, 0.15) is 0 Å². The Morgan fingerprint density at radius 1 is 1.10 bits per heavy atom. The molecule has 29 heavy (non-hydrogen) atoms. The second-order valence-corrected chi connectivity index (χ2v) is 7.24. The Kier molecular flexibility index (Phi) is 6.25. The second kappa shape index (κ2) is 8.68. The third-order valence-corrected chi connectivity index (χ3v) is 4.91. The molecule has 0 aromatic heterocycles. The predicted molar refractivity (Wildman–Crippen MR) is 105 cm³/mol. The summed E-state index contributed by atoms with van der Waals surface area (Å²) in [5, 5.41) is 2.82. The molecular formula is C22H23F3N2O2. The molecule has 2 aromatic rings. The van der Waals surface area contributed by atoms with Crippen molar-refractivity contribution in [1.29, 1.82) is 0 Å². The molecular weight excluding hydrogens is 381 g/mol. The standard InChI is InChI=1S/C22H23F3N2O2/c1-15-6-2-3-9-19(15)21(29)27(13-5-12-26-20(28)16-10-11-16)18-8-4-7-17(14-18)22(23,24)25/h2-4,6-9,14,16H,5,10-13H2,1H3,(H,26,28). The van der Waals surface area contributed by atoms with Crippen molar-refractivity contribution in [2.75, 3.05) is 18.0 Å². The number of carbonyl (C=O) groups is 2. The lowest BCUT2D eigenvalue weighted by Gasteiger charge is -2.25. The fraction of sp³-hybridized carbons (Fsp3) is 0.364. The van der Waals surface area contributed by atoms with Gasteiger partial charge in [-0.3, -0.25) is 9.59 Å². The summed E-state index contributed by atoms with van der Waals surface area (Å²) in [5.41, 5.74) is 0.560. The summed E-state index contributed by atoms with van der Waals surface area (Å²) in [4.78, 5) is 26.2. The summed E-state index contributed by atoms with van der Waals surface area (Å²) in [6.07, 6.45) is -2.26. The van der Waals surface area contributed by atoms with Gasteiger partial charge in [0, 0.05) is 30.3 Å². The molecule has 0 atom stereocenters. The molecule has 0 bridgehead atoms. The first-order valence-corrected chi connectivity index (χ1v) is 9.60. The molecule has 3 rings (SSSR count). The zero-order chi connectivity index (χ0) is 21.0. The van der Waals surface area contributed by atoms with Crippen LogP contribution in [0.1, 0.15) is 40.7 Å². The first-order valence-electron chi connectivity index (χ1n) is 9.60. The molecule has 7 heteroatoms. The van der Waals surface area contributed by atoms with E-state index in [0.717, 1.165) is 30.5 Å². The lowest BCUT2D eigenvalue weighted by atomic mass is 10.1. The molecule has 2 aromatic carbocycles. The van der Waals surface area contributed by atoms with Crippen molar-refractivity contribution in [3.63, 3.8) is 0 Å². The van der Waals surface area contributed by atoms with Gasteiger partial charge in [-0.2, -0.15) is 13.2 Å². The van der Waals surface area contributed by atoms with E-state index in [1.165, 1.54) is 17.0 Å². The van der Waals surface area contributed by atoms with Crippen LogP contribution >= 0.6 is 0 Å². The molecule has 1 aliphatic rings. The summed E-state index contributed by atoms with van der Waals surface area (Å²) in [6, 6.07) is 11.7. The van der Waals surface area contributed by atoms with Crippen LogP contribution in [0.3, 0.4) is 0 Å². The van der Waals surface area contributed by atoms with Crippen molar-refractivity contribution in [2.45, 2.75) is 32.4 Å². The van der Waals surface area contributed by atoms with Crippen LogP contribution < -0.4 is 10.2 Å². The normalized spacial score (nSPS) is 13.8. The lowest BCUT2D eigenvalue weighted by Crippen LogP contribution is -2.35. The molecule has 4 nitrogen and oxygen atoms in total. The maximum absolute atomic E-state index is 13.1. The Bertz CT molecular complexity index is 892. The zero-order valence-electron chi connectivity index (χ0n) is 16.1. The van der Waals surface area contributed by atoms with Gasteiger partial charge in [0.05, 0.1) is 5.56 Å². The van der Waals surface area contributed by atoms with Gasteiger partial charge in [0.15, 0.2) is 0 Å². The Hall–Kier alpha value is -2.83. The van der Waals surface area contributed by atoms with Crippen LogP contribution in [-0.2, 0) is 11.0 Å². The first kappa shape index (κ1) is 20.9. The SMILES string of the molecule is Cc1ccccc1C(=O)N(CCCNC(=O)C1CC1)c1cccc(C(F)(F)F)c1. The summed E-state index contributed by atoms with van der Waals surface area (Å²) >= 11 is 0. The maximum Gasteiger partial charge on any atom is 0.416 e. The number of alkyl halides is 3. The van der Waals surface area contributed by atoms with E-state index in [0.29, 0.717) is 18.5 Å². The summed E-state index contributed by atoms with van der Waals surface area (Å²) in [6.45, 7) is 2.35. The Morgan fingerprint density at radius 3 is 2.48 bits per heavy atom. The van der Waals surface area contributed by atoms with E-state index >= 15 is 0 Å². The van der Waals surface area contributed by atoms with Crippen LogP contribution in [0.4, 0.5) is 18.9 Å². The minimum atomic E-state index is -4.49. The van der Waals surface area contributed by atoms with E-state index in [1.54, 1.807) is 31.2 Å². The number of nitrogens with zero attached hydrogens (tertiary/aromatic N) is 1.